The molecule has 0 atom stereocenters. The van der Waals surface area contributed by atoms with E-state index in [1.165, 1.54) is 116 Å². The third-order valence-corrected chi connectivity index (χ3v) is 39.8. The van der Waals surface area contributed by atoms with Crippen LogP contribution in [0, 0.1) is 34.0 Å². The van der Waals surface area contributed by atoms with Crippen LogP contribution < -0.4 is 53.3 Å². The zero-order chi connectivity index (χ0) is 77.6. The van der Waals surface area contributed by atoms with E-state index in [0.29, 0.717) is 46.6 Å². The van der Waals surface area contributed by atoms with Crippen molar-refractivity contribution in [1.29, 1.82) is 15.8 Å². The molecule has 116 heavy (non-hydrogen) atoms. The van der Waals surface area contributed by atoms with Gasteiger partial charge in [-0.25, -0.2) is 0 Å². The van der Waals surface area contributed by atoms with Crippen molar-refractivity contribution in [3.8, 4) is 18.2 Å². The molecule has 18 heteroatoms. The molecule has 0 unspecified atom stereocenters. The van der Waals surface area contributed by atoms with Gasteiger partial charge in [-0.1, -0.05) is 0 Å². The van der Waals surface area contributed by atoms with E-state index in [1.54, 1.807) is 34.0 Å². The van der Waals surface area contributed by atoms with Gasteiger partial charge >= 0.3 is 721 Å². The van der Waals surface area contributed by atoms with Crippen LogP contribution in [-0.4, -0.2) is 96.5 Å². The number of hydrogen-bond donors (Lipinski definition) is 0. The second-order valence-electron chi connectivity index (χ2n) is 27.5. The molecule has 6 aromatic heterocycles. The predicted molar refractivity (Wildman–Crippen MR) is 496 cm³/mol. The van der Waals surface area contributed by atoms with Gasteiger partial charge in [0.1, 0.15) is 0 Å². The zero-order valence-corrected chi connectivity index (χ0v) is 73.4. The number of allylic oxidation sites excluding steroid dienone is 3. The molecule has 0 N–H and O–H groups in total. The van der Waals surface area contributed by atoms with E-state index < -0.39 is 8.07 Å². The summed E-state index contributed by atoms with van der Waals surface area (Å²) in [5.74, 6) is 0. The first-order chi connectivity index (χ1) is 57.3. The average molecular weight is 1880 g/mol. The molecule has 3 aliphatic rings. The Hall–Kier alpha value is -11.6. The molecule has 0 radical (unpaired) electrons. The molecule has 9 heterocycles. The predicted octanol–water partition coefficient (Wildman–Crippen LogP) is 18.6. The molecule has 0 bridgehead atoms. The molecule has 0 amide bonds. The van der Waals surface area contributed by atoms with Gasteiger partial charge in [0, 0.05) is 0 Å². The molecule has 22 rings (SSSR count). The van der Waals surface area contributed by atoms with Gasteiger partial charge in [-0.3, -0.25) is 0 Å². The van der Waals surface area contributed by atoms with Crippen LogP contribution in [0.4, 0.5) is 47.8 Å². The first kappa shape index (κ1) is 73.3. The molecule has 19 aromatic rings. The summed E-state index contributed by atoms with van der Waals surface area (Å²) in [6, 6.07) is 129. The molecule has 0 fully saturated rings. The van der Waals surface area contributed by atoms with Crippen LogP contribution in [0.5, 0.6) is 0 Å². The molecule has 3 aliphatic heterocycles. The Bertz CT molecular complexity index is 7020. The summed E-state index contributed by atoms with van der Waals surface area (Å²) < 4.78 is 16.3. The van der Waals surface area contributed by atoms with E-state index in [1.807, 2.05) is 54.6 Å². The van der Waals surface area contributed by atoms with E-state index in [2.05, 4.69) is 336 Å². The Labute approximate surface area is 713 Å². The molecular weight excluding hydrogens is 1820 g/mol. The van der Waals surface area contributed by atoms with E-state index in [0.717, 1.165) is 51.1 Å². The van der Waals surface area contributed by atoms with Crippen molar-refractivity contribution in [3.63, 3.8) is 0 Å². The van der Waals surface area contributed by atoms with Gasteiger partial charge < -0.3 is 0 Å². The van der Waals surface area contributed by atoms with Crippen molar-refractivity contribution >= 4 is 289 Å². The van der Waals surface area contributed by atoms with Gasteiger partial charge in [0.05, 0.1) is 0 Å². The number of para-hydroxylation sites is 7. The average Bonchev–Trinajstić information content (AvgIpc) is 0.796. The fourth-order valence-electron chi connectivity index (χ4n) is 15.5. The molecule has 548 valence electrons. The Kier molecular flexibility index (Phi) is 20.1. The normalized spacial score (nSPS) is 13.2. The maximum atomic E-state index is 10.1. The van der Waals surface area contributed by atoms with Crippen molar-refractivity contribution in [2.45, 2.75) is 0 Å². The number of benzene rings is 13. The summed E-state index contributed by atoms with van der Waals surface area (Å²) in [6.07, 6.45) is 6.11. The number of hydrogen-bond acceptors (Lipinski definition) is 12. The summed E-state index contributed by atoms with van der Waals surface area (Å²) >= 11 is 5.52. The molecule has 0 aliphatic carbocycles. The van der Waals surface area contributed by atoms with Crippen LogP contribution in [0.3, 0.4) is 0 Å². The minimum atomic E-state index is -2.62. The molecular formula is C98H59N9S3Se5Si. The SMILES string of the molecule is N#C/C(=C\c1ccc(N2c3ccccc3[Se]c3ccccc32)[se]1)c1nc2c(ccc3ccccc32)s1.N#C/C(=C\c1ccc(N2c3ccccc3[Se]c3ccccc32)[se]1)c1nc2cc3ccccc3cc2s1.N#C/C(=C\c1ccc(N2c3ccccc3[Si](c3ccccc3)(c3ccccc3)c3ccccc32)[se]1)c1nc2ccccc2s1. The molecule has 13 aromatic carbocycles. The van der Waals surface area contributed by atoms with Crippen LogP contribution in [-0.2, 0) is 0 Å². The van der Waals surface area contributed by atoms with Crippen LogP contribution in [0.1, 0.15) is 28.3 Å². The van der Waals surface area contributed by atoms with Crippen LogP contribution in [0.2, 0.25) is 0 Å². The number of rotatable bonds is 11. The topological polar surface area (TPSA) is 120 Å². The Morgan fingerprint density at radius 3 is 1.16 bits per heavy atom. The summed E-state index contributed by atoms with van der Waals surface area (Å²) in [7, 11) is -2.62. The Balaban J connectivity index is 0.000000113. The second-order valence-corrected chi connectivity index (χ2v) is 45.7. The maximum absolute atomic E-state index is 10.1. The Morgan fingerprint density at radius 1 is 0.310 bits per heavy atom. The van der Waals surface area contributed by atoms with E-state index >= 15 is 0 Å². The molecule has 0 spiro atoms. The van der Waals surface area contributed by atoms with Gasteiger partial charge in [-0.05, 0) is 0 Å². The summed E-state index contributed by atoms with van der Waals surface area (Å²) in [6.45, 7) is 0. The van der Waals surface area contributed by atoms with E-state index in [4.69, 9.17) is 15.0 Å². The van der Waals surface area contributed by atoms with Crippen molar-refractivity contribution < 1.29 is 0 Å². The fourth-order valence-corrected chi connectivity index (χ4v) is 34.0. The first-order valence-electron chi connectivity index (χ1n) is 37.3. The number of fused-ring (bicyclic) bond motifs is 12. The van der Waals surface area contributed by atoms with Gasteiger partial charge in [-0.2, -0.15) is 0 Å². The molecule has 0 saturated heterocycles. The van der Waals surface area contributed by atoms with E-state index in [-0.39, 0.29) is 43.5 Å². The fraction of sp³-hybridized carbons (Fsp3) is 0. The summed E-state index contributed by atoms with van der Waals surface area (Å²) in [5, 5.41) is 42.8. The summed E-state index contributed by atoms with van der Waals surface area (Å²) in [4.78, 5) is 21.8. The minimum absolute atomic E-state index is 0.0000539. The van der Waals surface area contributed by atoms with Gasteiger partial charge in [0.25, 0.3) is 0 Å². The summed E-state index contributed by atoms with van der Waals surface area (Å²) in [5.41, 5.74) is 12.3. The van der Waals surface area contributed by atoms with Gasteiger partial charge in [0.2, 0.25) is 0 Å². The number of aromatic nitrogens is 3. The molecule has 9 nitrogen and oxygen atoms in total. The zero-order valence-electron chi connectivity index (χ0n) is 61.4. The third-order valence-electron chi connectivity index (χ3n) is 20.6. The van der Waals surface area contributed by atoms with Crippen molar-refractivity contribution in [2.75, 3.05) is 14.7 Å². The van der Waals surface area contributed by atoms with Crippen LogP contribution in [0.25, 0.3) is 87.1 Å². The third kappa shape index (κ3) is 13.7. The second kappa shape index (κ2) is 31.9. The standard InChI is InChI=1S/C38H25N3SSeSi.2C30H17N3SSe2/c39-26-27(38-40-31-17-7-10-20-34(31)42-38)25-28-23-24-37(43-28)41-32-18-8-11-21-35(32)44(29-13-3-1-4-14-29,30-15-5-2-6-16-30)36-22-12-9-19-33(36)41;31-18-20(30-32-29-22-8-2-1-7-19(22)13-15-25(29)34-30)17-21-14-16-28(35-21)33-23-9-3-5-11-26(23)36-27-12-6-4-10-24(27)33;31-18-21(30-32-23-16-19-7-1-2-8-20(19)17-26(23)34-30)15-22-13-14-29(35-22)33-24-9-3-5-11-27(24)36-28-12-6-4-10-25(28)33/h1-25H;2*1-17H/b27-25+;20-17+;21-15+. The Morgan fingerprint density at radius 2 is 0.681 bits per heavy atom. The number of anilines is 9. The van der Waals surface area contributed by atoms with Crippen LogP contribution >= 0.6 is 34.0 Å². The number of nitriles is 3. The van der Waals surface area contributed by atoms with Crippen molar-refractivity contribution in [3.05, 3.63) is 368 Å². The first-order valence-corrected chi connectivity index (χ1v) is 50.4. The quantitative estimate of drug-likeness (QED) is 0.0921. The van der Waals surface area contributed by atoms with Gasteiger partial charge in [0.15, 0.2) is 0 Å². The van der Waals surface area contributed by atoms with Crippen molar-refractivity contribution in [1.82, 2.24) is 15.0 Å². The number of thiazole rings is 3. The van der Waals surface area contributed by atoms with Gasteiger partial charge in [-0.15, -0.1) is 0 Å². The van der Waals surface area contributed by atoms with Crippen molar-refractivity contribution in [2.24, 2.45) is 0 Å². The monoisotopic (exact) mass is 1880 g/mol. The molecule has 0 saturated carbocycles. The van der Waals surface area contributed by atoms with Crippen LogP contribution in [0.15, 0.2) is 340 Å². The van der Waals surface area contributed by atoms with E-state index in [9.17, 15) is 15.8 Å². The number of nitrogens with zero attached hydrogens (tertiary/aromatic N) is 9.